The number of aromatic nitrogens is 2. The van der Waals surface area contributed by atoms with Crippen molar-refractivity contribution in [3.05, 3.63) is 46.0 Å². The zero-order chi connectivity index (χ0) is 21.2. The summed E-state index contributed by atoms with van der Waals surface area (Å²) in [6.07, 6.45) is 3.32. The SMILES string of the molecule is NC1C(CCO)CN1c1cc2nc3c(cc2cc1F)c(=O)c(C(=O)O)cn3C1CC1. The van der Waals surface area contributed by atoms with Crippen molar-refractivity contribution in [2.75, 3.05) is 18.1 Å². The number of pyridine rings is 2. The lowest BCUT2D eigenvalue weighted by Gasteiger charge is -2.47. The zero-order valence-electron chi connectivity index (χ0n) is 16.1. The molecular formula is C21H21FN4O4. The summed E-state index contributed by atoms with van der Waals surface area (Å²) in [5, 5.41) is 19.1. The number of benzene rings is 1. The van der Waals surface area contributed by atoms with Crippen molar-refractivity contribution in [1.82, 2.24) is 9.55 Å². The highest BCUT2D eigenvalue weighted by Gasteiger charge is 2.37. The van der Waals surface area contributed by atoms with Crippen LogP contribution in [0.25, 0.3) is 21.9 Å². The normalized spacial score (nSPS) is 21.2. The Hall–Kier alpha value is -3.04. The highest BCUT2D eigenvalue weighted by Crippen LogP contribution is 2.38. The van der Waals surface area contributed by atoms with Crippen LogP contribution < -0.4 is 16.1 Å². The van der Waals surface area contributed by atoms with Crippen molar-refractivity contribution in [1.29, 1.82) is 0 Å². The van der Waals surface area contributed by atoms with Crippen molar-refractivity contribution in [2.45, 2.75) is 31.5 Å². The number of nitrogens with zero attached hydrogens (tertiary/aromatic N) is 3. The number of aliphatic hydroxyl groups is 1. The molecular weight excluding hydrogens is 391 g/mol. The number of anilines is 1. The maximum Gasteiger partial charge on any atom is 0.341 e. The molecule has 2 atom stereocenters. The number of aliphatic hydroxyl groups excluding tert-OH is 1. The second-order valence-corrected chi connectivity index (χ2v) is 8.09. The molecule has 30 heavy (non-hydrogen) atoms. The summed E-state index contributed by atoms with van der Waals surface area (Å²) in [6.45, 7) is 0.587. The molecule has 1 aliphatic carbocycles. The van der Waals surface area contributed by atoms with Crippen LogP contribution in [0, 0.1) is 11.7 Å². The van der Waals surface area contributed by atoms with Gasteiger partial charge in [0.15, 0.2) is 0 Å². The van der Waals surface area contributed by atoms with Crippen LogP contribution in [0.2, 0.25) is 0 Å². The largest absolute Gasteiger partial charge is 0.477 e. The third-order valence-corrected chi connectivity index (χ3v) is 6.12. The van der Waals surface area contributed by atoms with Gasteiger partial charge in [-0.25, -0.2) is 14.2 Å². The molecule has 1 aromatic carbocycles. The number of carboxylic acids is 1. The minimum absolute atomic E-state index is 0.0387. The molecule has 8 nitrogen and oxygen atoms in total. The number of nitrogens with two attached hydrogens (primary N) is 1. The average molecular weight is 412 g/mol. The lowest BCUT2D eigenvalue weighted by Crippen LogP contribution is -2.62. The van der Waals surface area contributed by atoms with Gasteiger partial charge in [0.1, 0.15) is 17.0 Å². The average Bonchev–Trinajstić information content (AvgIpc) is 3.55. The Labute approximate surface area is 170 Å². The Bertz CT molecular complexity index is 1250. The van der Waals surface area contributed by atoms with Crippen molar-refractivity contribution < 1.29 is 19.4 Å². The van der Waals surface area contributed by atoms with Crippen LogP contribution in [-0.2, 0) is 0 Å². The van der Waals surface area contributed by atoms with Gasteiger partial charge in [-0.05, 0) is 37.5 Å². The summed E-state index contributed by atoms with van der Waals surface area (Å²) in [7, 11) is 0. The number of hydrogen-bond donors (Lipinski definition) is 3. The minimum Gasteiger partial charge on any atom is -0.477 e. The summed E-state index contributed by atoms with van der Waals surface area (Å²) in [5.74, 6) is -1.68. The first-order valence-corrected chi connectivity index (χ1v) is 9.94. The molecule has 0 amide bonds. The fourth-order valence-corrected chi connectivity index (χ4v) is 4.23. The van der Waals surface area contributed by atoms with Crippen LogP contribution in [-0.4, -0.2) is 45.1 Å². The standard InChI is InChI=1S/C21H21FN4O4/c22-15-6-11-5-13-18(28)14(21(29)30)9-25(12-1-2-12)20(13)24-16(11)7-17(15)26-8-10(3-4-27)19(26)23/h5-7,9-10,12,19,27H,1-4,8,23H2,(H,29,30). The van der Waals surface area contributed by atoms with Crippen LogP contribution in [0.15, 0.2) is 29.2 Å². The predicted octanol–water partition coefficient (Wildman–Crippen LogP) is 1.83. The van der Waals surface area contributed by atoms with Gasteiger partial charge < -0.3 is 25.4 Å². The van der Waals surface area contributed by atoms with Crippen molar-refractivity contribution >= 4 is 33.6 Å². The molecule has 2 fully saturated rings. The lowest BCUT2D eigenvalue weighted by atomic mass is 9.91. The Kier molecular flexibility index (Phi) is 4.26. The number of halogens is 1. The van der Waals surface area contributed by atoms with Crippen LogP contribution in [0.5, 0.6) is 0 Å². The molecule has 4 N–H and O–H groups in total. The van der Waals surface area contributed by atoms with E-state index in [-0.39, 0.29) is 35.7 Å². The second-order valence-electron chi connectivity index (χ2n) is 8.09. The topological polar surface area (TPSA) is 122 Å². The molecule has 0 spiro atoms. The van der Waals surface area contributed by atoms with Gasteiger partial charge in [-0.1, -0.05) is 0 Å². The third kappa shape index (κ3) is 2.85. The maximum atomic E-state index is 14.9. The molecule has 1 saturated heterocycles. The number of rotatable bonds is 5. The van der Waals surface area contributed by atoms with Gasteiger partial charge in [-0.15, -0.1) is 0 Å². The van der Waals surface area contributed by atoms with E-state index >= 15 is 0 Å². The molecule has 9 heteroatoms. The van der Waals surface area contributed by atoms with Crippen molar-refractivity contribution in [3.8, 4) is 0 Å². The van der Waals surface area contributed by atoms with Gasteiger partial charge in [-0.2, -0.15) is 0 Å². The molecule has 3 heterocycles. The molecule has 0 radical (unpaired) electrons. The van der Waals surface area contributed by atoms with Crippen LogP contribution in [0.3, 0.4) is 0 Å². The van der Waals surface area contributed by atoms with E-state index in [1.165, 1.54) is 18.3 Å². The van der Waals surface area contributed by atoms with E-state index in [9.17, 15) is 19.1 Å². The fourth-order valence-electron chi connectivity index (χ4n) is 4.23. The highest BCUT2D eigenvalue weighted by molar-refractivity contribution is 5.97. The molecule has 2 aromatic heterocycles. The van der Waals surface area contributed by atoms with Crippen LogP contribution in [0.1, 0.15) is 35.7 Å². The molecule has 3 aromatic rings. The second kappa shape index (κ2) is 6.75. The van der Waals surface area contributed by atoms with Gasteiger partial charge in [-0.3, -0.25) is 4.79 Å². The zero-order valence-corrected chi connectivity index (χ0v) is 16.1. The van der Waals surface area contributed by atoms with E-state index in [1.807, 2.05) is 0 Å². The molecule has 2 aliphatic rings. The summed E-state index contributed by atoms with van der Waals surface area (Å²) >= 11 is 0. The summed E-state index contributed by atoms with van der Waals surface area (Å²) in [4.78, 5) is 30.6. The van der Waals surface area contributed by atoms with E-state index in [0.29, 0.717) is 35.2 Å². The molecule has 1 aliphatic heterocycles. The van der Waals surface area contributed by atoms with E-state index < -0.39 is 17.2 Å². The van der Waals surface area contributed by atoms with E-state index in [1.54, 1.807) is 15.5 Å². The van der Waals surface area contributed by atoms with E-state index in [2.05, 4.69) is 4.98 Å². The molecule has 5 rings (SSSR count). The number of aromatic carboxylic acids is 1. The van der Waals surface area contributed by atoms with Gasteiger partial charge >= 0.3 is 5.97 Å². The molecule has 2 unspecified atom stereocenters. The van der Waals surface area contributed by atoms with E-state index in [0.717, 1.165) is 12.8 Å². The third-order valence-electron chi connectivity index (χ3n) is 6.12. The van der Waals surface area contributed by atoms with Crippen molar-refractivity contribution in [3.63, 3.8) is 0 Å². The fraction of sp³-hybridized carbons (Fsp3) is 0.381. The van der Waals surface area contributed by atoms with Crippen LogP contribution in [0.4, 0.5) is 10.1 Å². The summed E-state index contributed by atoms with van der Waals surface area (Å²) < 4.78 is 16.6. The maximum absolute atomic E-state index is 14.9. The Balaban J connectivity index is 1.67. The summed E-state index contributed by atoms with van der Waals surface area (Å²) in [5.41, 5.74) is 6.47. The van der Waals surface area contributed by atoms with Gasteiger partial charge in [0, 0.05) is 36.7 Å². The smallest absolute Gasteiger partial charge is 0.341 e. The monoisotopic (exact) mass is 412 g/mol. The number of fused-ring (bicyclic) bond motifs is 2. The number of carboxylic acid groups (broad SMARTS) is 1. The number of hydrogen-bond acceptors (Lipinski definition) is 6. The predicted molar refractivity (Wildman–Crippen MR) is 109 cm³/mol. The van der Waals surface area contributed by atoms with Crippen molar-refractivity contribution in [2.24, 2.45) is 11.7 Å². The molecule has 0 bridgehead atoms. The Morgan fingerprint density at radius 1 is 1.30 bits per heavy atom. The van der Waals surface area contributed by atoms with Gasteiger partial charge in [0.25, 0.3) is 0 Å². The summed E-state index contributed by atoms with van der Waals surface area (Å²) in [6, 6.07) is 4.55. The Morgan fingerprint density at radius 3 is 2.70 bits per heavy atom. The van der Waals surface area contributed by atoms with E-state index in [4.69, 9.17) is 10.8 Å². The minimum atomic E-state index is -1.29. The molecule has 1 saturated carbocycles. The first kappa shape index (κ1) is 19.0. The molecule has 156 valence electrons. The van der Waals surface area contributed by atoms with Crippen LogP contribution >= 0.6 is 0 Å². The lowest BCUT2D eigenvalue weighted by molar-refractivity contribution is 0.0695. The first-order chi connectivity index (χ1) is 14.4. The first-order valence-electron chi connectivity index (χ1n) is 9.94. The Morgan fingerprint density at radius 2 is 2.07 bits per heavy atom. The van der Waals surface area contributed by atoms with Gasteiger partial charge in [0.05, 0.1) is 22.8 Å². The quantitative estimate of drug-likeness (QED) is 0.547. The van der Waals surface area contributed by atoms with Gasteiger partial charge in [0.2, 0.25) is 5.43 Å². The highest BCUT2D eigenvalue weighted by atomic mass is 19.1. The number of carbonyl (C=O) groups is 1.